The van der Waals surface area contributed by atoms with Crippen LogP contribution in [0.4, 0.5) is 0 Å². The fraction of sp³-hybridized carbons (Fsp3) is 1.00. The number of rotatable bonds is 10. The summed E-state index contributed by atoms with van der Waals surface area (Å²) in [5.74, 6) is 6.55. The molecular formula is C21H42. The summed E-state index contributed by atoms with van der Waals surface area (Å²) in [6.45, 7) is 17.2. The Morgan fingerprint density at radius 2 is 1.52 bits per heavy atom. The van der Waals surface area contributed by atoms with Gasteiger partial charge in [-0.1, -0.05) is 80.6 Å². The van der Waals surface area contributed by atoms with Crippen molar-refractivity contribution in [3.63, 3.8) is 0 Å². The number of hydrogen-bond donors (Lipinski definition) is 0. The molecule has 0 aromatic heterocycles. The van der Waals surface area contributed by atoms with Gasteiger partial charge in [-0.2, -0.15) is 0 Å². The van der Waals surface area contributed by atoms with Crippen LogP contribution in [-0.2, 0) is 0 Å². The van der Waals surface area contributed by atoms with Crippen LogP contribution in [0.5, 0.6) is 0 Å². The standard InChI is InChI=1S/C21H42/c1-8-10-21(19(7)18(6)15(3)9-2)17(5)12-14-20-13-11-16(20)4/h15-21H,8-14H2,1-7H3. The van der Waals surface area contributed by atoms with Gasteiger partial charge < -0.3 is 0 Å². The van der Waals surface area contributed by atoms with E-state index in [0.717, 1.165) is 41.4 Å². The predicted octanol–water partition coefficient (Wildman–Crippen LogP) is 7.18. The minimum absolute atomic E-state index is 0.872. The maximum Gasteiger partial charge on any atom is -0.0360 e. The fourth-order valence-corrected chi connectivity index (χ4v) is 4.53. The Morgan fingerprint density at radius 1 is 0.857 bits per heavy atom. The Morgan fingerprint density at radius 3 is 1.95 bits per heavy atom. The van der Waals surface area contributed by atoms with Crippen LogP contribution in [0.25, 0.3) is 0 Å². The van der Waals surface area contributed by atoms with E-state index >= 15 is 0 Å². The maximum absolute atomic E-state index is 2.55. The molecule has 0 bridgehead atoms. The van der Waals surface area contributed by atoms with Gasteiger partial charge in [-0.25, -0.2) is 0 Å². The van der Waals surface area contributed by atoms with Gasteiger partial charge in [-0.3, -0.25) is 0 Å². The molecule has 0 heteroatoms. The van der Waals surface area contributed by atoms with Crippen molar-refractivity contribution in [3.05, 3.63) is 0 Å². The zero-order chi connectivity index (χ0) is 16.0. The first kappa shape index (κ1) is 19.0. The van der Waals surface area contributed by atoms with Crippen molar-refractivity contribution in [3.8, 4) is 0 Å². The summed E-state index contributed by atoms with van der Waals surface area (Å²) in [6, 6.07) is 0. The zero-order valence-electron chi connectivity index (χ0n) is 16.0. The first-order valence-electron chi connectivity index (χ1n) is 9.92. The van der Waals surface area contributed by atoms with Crippen LogP contribution in [0.3, 0.4) is 0 Å². The molecule has 1 fully saturated rings. The second-order valence-electron chi connectivity index (χ2n) is 8.43. The molecule has 0 amide bonds. The zero-order valence-corrected chi connectivity index (χ0v) is 16.0. The van der Waals surface area contributed by atoms with Crippen molar-refractivity contribution >= 4 is 0 Å². The van der Waals surface area contributed by atoms with Crippen LogP contribution in [0.1, 0.15) is 93.4 Å². The second-order valence-corrected chi connectivity index (χ2v) is 8.43. The van der Waals surface area contributed by atoms with Gasteiger partial charge in [0.15, 0.2) is 0 Å². The third-order valence-corrected chi connectivity index (χ3v) is 7.19. The molecule has 0 nitrogen and oxygen atoms in total. The van der Waals surface area contributed by atoms with Crippen LogP contribution in [-0.4, -0.2) is 0 Å². The molecule has 0 spiro atoms. The van der Waals surface area contributed by atoms with Crippen LogP contribution >= 0.6 is 0 Å². The van der Waals surface area contributed by atoms with Crippen molar-refractivity contribution in [2.24, 2.45) is 41.4 Å². The van der Waals surface area contributed by atoms with Gasteiger partial charge >= 0.3 is 0 Å². The van der Waals surface area contributed by atoms with E-state index < -0.39 is 0 Å². The highest BCUT2D eigenvalue weighted by atomic mass is 14.4. The van der Waals surface area contributed by atoms with E-state index in [0.29, 0.717) is 0 Å². The van der Waals surface area contributed by atoms with Crippen molar-refractivity contribution < 1.29 is 0 Å². The summed E-state index contributed by atoms with van der Waals surface area (Å²) in [5, 5.41) is 0. The normalized spacial score (nSPS) is 29.3. The third-order valence-electron chi connectivity index (χ3n) is 7.19. The molecule has 1 rings (SSSR count). The highest BCUT2D eigenvalue weighted by molar-refractivity contribution is 4.81. The Balaban J connectivity index is 2.52. The number of hydrogen-bond acceptors (Lipinski definition) is 0. The van der Waals surface area contributed by atoms with Crippen molar-refractivity contribution in [1.29, 1.82) is 0 Å². The summed E-state index contributed by atoms with van der Waals surface area (Å²) in [6.07, 6.45) is 10.1. The summed E-state index contributed by atoms with van der Waals surface area (Å²) < 4.78 is 0. The molecule has 1 aliphatic carbocycles. The van der Waals surface area contributed by atoms with Gasteiger partial charge in [-0.05, 0) is 54.3 Å². The van der Waals surface area contributed by atoms with Gasteiger partial charge in [0.25, 0.3) is 0 Å². The Hall–Kier alpha value is 0. The Labute approximate surface area is 135 Å². The molecule has 0 radical (unpaired) electrons. The van der Waals surface area contributed by atoms with Crippen molar-refractivity contribution in [2.45, 2.75) is 93.4 Å². The summed E-state index contributed by atoms with van der Waals surface area (Å²) >= 11 is 0. The first-order chi connectivity index (χ1) is 9.92. The average molecular weight is 295 g/mol. The summed E-state index contributed by atoms with van der Waals surface area (Å²) in [4.78, 5) is 0. The van der Waals surface area contributed by atoms with Crippen LogP contribution in [0.2, 0.25) is 0 Å². The quantitative estimate of drug-likeness (QED) is 0.400. The SMILES string of the molecule is CCCC(C(C)CCC1CCC1C)C(C)C(C)C(C)CC. The van der Waals surface area contributed by atoms with E-state index in [9.17, 15) is 0 Å². The maximum atomic E-state index is 2.55. The lowest BCUT2D eigenvalue weighted by atomic mass is 9.67. The first-order valence-corrected chi connectivity index (χ1v) is 9.92. The lowest BCUT2D eigenvalue weighted by molar-refractivity contribution is 0.117. The molecule has 0 aromatic carbocycles. The van der Waals surface area contributed by atoms with Gasteiger partial charge in [0.05, 0.1) is 0 Å². The Bertz CT molecular complexity index is 269. The van der Waals surface area contributed by atoms with Gasteiger partial charge in [0, 0.05) is 0 Å². The lowest BCUT2D eigenvalue weighted by Gasteiger charge is -2.38. The minimum atomic E-state index is 0.872. The molecule has 7 atom stereocenters. The van der Waals surface area contributed by atoms with Crippen molar-refractivity contribution in [2.75, 3.05) is 0 Å². The highest BCUT2D eigenvalue weighted by Crippen LogP contribution is 2.41. The van der Waals surface area contributed by atoms with Crippen LogP contribution in [0, 0.1) is 41.4 Å². The summed E-state index contributed by atoms with van der Waals surface area (Å²) in [5.41, 5.74) is 0. The molecule has 1 aliphatic rings. The average Bonchev–Trinajstić information content (AvgIpc) is 2.48. The molecule has 0 aliphatic heterocycles. The molecule has 1 saturated carbocycles. The van der Waals surface area contributed by atoms with E-state index in [1.807, 2.05) is 0 Å². The highest BCUT2D eigenvalue weighted by Gasteiger charge is 2.31. The van der Waals surface area contributed by atoms with E-state index in [1.54, 1.807) is 0 Å². The lowest BCUT2D eigenvalue weighted by Crippen LogP contribution is -2.29. The second kappa shape index (κ2) is 9.21. The molecule has 0 aromatic rings. The van der Waals surface area contributed by atoms with E-state index in [2.05, 4.69) is 48.5 Å². The Kier molecular flexibility index (Phi) is 8.35. The van der Waals surface area contributed by atoms with E-state index in [4.69, 9.17) is 0 Å². The third kappa shape index (κ3) is 5.29. The molecule has 0 saturated heterocycles. The van der Waals surface area contributed by atoms with E-state index in [-0.39, 0.29) is 0 Å². The van der Waals surface area contributed by atoms with Gasteiger partial charge in [0.1, 0.15) is 0 Å². The summed E-state index contributed by atoms with van der Waals surface area (Å²) in [7, 11) is 0. The van der Waals surface area contributed by atoms with Crippen LogP contribution in [0.15, 0.2) is 0 Å². The predicted molar refractivity (Wildman–Crippen MR) is 96.5 cm³/mol. The smallest absolute Gasteiger partial charge is 0.0360 e. The molecule has 0 N–H and O–H groups in total. The van der Waals surface area contributed by atoms with Crippen LogP contribution < -0.4 is 0 Å². The molecule has 126 valence electrons. The largest absolute Gasteiger partial charge is 0.0654 e. The van der Waals surface area contributed by atoms with Crippen molar-refractivity contribution in [1.82, 2.24) is 0 Å². The molecular weight excluding hydrogens is 252 g/mol. The van der Waals surface area contributed by atoms with E-state index in [1.165, 1.54) is 44.9 Å². The van der Waals surface area contributed by atoms with Gasteiger partial charge in [0.2, 0.25) is 0 Å². The van der Waals surface area contributed by atoms with Gasteiger partial charge in [-0.15, -0.1) is 0 Å². The minimum Gasteiger partial charge on any atom is -0.0654 e. The topological polar surface area (TPSA) is 0 Å². The molecule has 7 unspecified atom stereocenters. The monoisotopic (exact) mass is 294 g/mol. The molecule has 21 heavy (non-hydrogen) atoms. The fourth-order valence-electron chi connectivity index (χ4n) is 4.53. The molecule has 0 heterocycles.